The van der Waals surface area contributed by atoms with E-state index in [1.165, 1.54) is 25.0 Å². The molecule has 0 saturated heterocycles. The third-order valence-corrected chi connectivity index (χ3v) is 3.28. The van der Waals surface area contributed by atoms with Gasteiger partial charge in [0.05, 0.1) is 17.1 Å². The number of aromatic nitrogens is 2. The quantitative estimate of drug-likeness (QED) is 0.885. The summed E-state index contributed by atoms with van der Waals surface area (Å²) < 4.78 is 15.3. The largest absolute Gasteiger partial charge is 0.326 e. The zero-order chi connectivity index (χ0) is 12.0. The van der Waals surface area contributed by atoms with Crippen LogP contribution < -0.4 is 5.73 Å². The third kappa shape index (κ3) is 1.93. The Kier molecular flexibility index (Phi) is 2.40. The molecule has 1 atom stereocenters. The van der Waals surface area contributed by atoms with Gasteiger partial charge in [-0.25, -0.2) is 9.37 Å². The van der Waals surface area contributed by atoms with Gasteiger partial charge in [-0.1, -0.05) is 0 Å². The second-order valence-corrected chi connectivity index (χ2v) is 4.95. The smallest absolute Gasteiger partial charge is 0.126 e. The average molecular weight is 233 g/mol. The van der Waals surface area contributed by atoms with Crippen molar-refractivity contribution in [1.82, 2.24) is 9.55 Å². The molecule has 3 rings (SSSR count). The van der Waals surface area contributed by atoms with Crippen LogP contribution in [0, 0.1) is 11.7 Å². The highest BCUT2D eigenvalue weighted by atomic mass is 19.1. The molecule has 1 aromatic heterocycles. The van der Waals surface area contributed by atoms with Gasteiger partial charge < -0.3 is 10.3 Å². The number of halogens is 1. The van der Waals surface area contributed by atoms with Crippen LogP contribution in [0.2, 0.25) is 0 Å². The highest BCUT2D eigenvalue weighted by Crippen LogP contribution is 2.33. The second-order valence-electron chi connectivity index (χ2n) is 4.95. The summed E-state index contributed by atoms with van der Waals surface area (Å²) in [6, 6.07) is 4.64. The molecule has 0 bridgehead atoms. The van der Waals surface area contributed by atoms with Gasteiger partial charge in [-0.05, 0) is 37.8 Å². The maximum atomic E-state index is 13.2. The van der Waals surface area contributed by atoms with E-state index < -0.39 is 0 Å². The van der Waals surface area contributed by atoms with Crippen molar-refractivity contribution in [3.05, 3.63) is 29.8 Å². The van der Waals surface area contributed by atoms with Crippen molar-refractivity contribution in [1.29, 1.82) is 0 Å². The average Bonchev–Trinajstić information content (AvgIpc) is 3.00. The Balaban J connectivity index is 2.15. The first-order valence-corrected chi connectivity index (χ1v) is 6.06. The molecule has 3 nitrogen and oxygen atoms in total. The first kappa shape index (κ1) is 10.7. The van der Waals surface area contributed by atoms with Crippen LogP contribution in [-0.2, 0) is 6.54 Å². The molecule has 0 radical (unpaired) electrons. The van der Waals surface area contributed by atoms with E-state index in [-0.39, 0.29) is 11.9 Å². The molecule has 0 aliphatic heterocycles. The molecule has 0 amide bonds. The van der Waals surface area contributed by atoms with E-state index in [4.69, 9.17) is 5.73 Å². The van der Waals surface area contributed by atoms with E-state index in [0.717, 1.165) is 23.8 Å². The van der Waals surface area contributed by atoms with Crippen molar-refractivity contribution < 1.29 is 4.39 Å². The zero-order valence-corrected chi connectivity index (χ0v) is 9.86. The van der Waals surface area contributed by atoms with Crippen LogP contribution in [0.4, 0.5) is 4.39 Å². The van der Waals surface area contributed by atoms with E-state index >= 15 is 0 Å². The first-order valence-electron chi connectivity index (χ1n) is 6.06. The van der Waals surface area contributed by atoms with Crippen LogP contribution in [-0.4, -0.2) is 9.55 Å². The topological polar surface area (TPSA) is 43.8 Å². The number of fused-ring (bicyclic) bond motifs is 1. The van der Waals surface area contributed by atoms with Crippen LogP contribution in [0.5, 0.6) is 0 Å². The maximum Gasteiger partial charge on any atom is 0.126 e. The zero-order valence-electron chi connectivity index (χ0n) is 9.86. The third-order valence-electron chi connectivity index (χ3n) is 3.28. The summed E-state index contributed by atoms with van der Waals surface area (Å²) in [4.78, 5) is 4.45. The van der Waals surface area contributed by atoms with Crippen LogP contribution in [0.1, 0.15) is 31.6 Å². The SMILES string of the molecule is C[C@H](N)c1nc2cc(F)ccc2n1CC1CC1. The number of imidazole rings is 1. The van der Waals surface area contributed by atoms with E-state index in [9.17, 15) is 4.39 Å². The Labute approximate surface area is 99.4 Å². The molecule has 1 aromatic carbocycles. The van der Waals surface area contributed by atoms with E-state index in [2.05, 4.69) is 9.55 Å². The summed E-state index contributed by atoms with van der Waals surface area (Å²) in [5.74, 6) is 1.36. The van der Waals surface area contributed by atoms with Gasteiger partial charge in [0.25, 0.3) is 0 Å². The van der Waals surface area contributed by atoms with Gasteiger partial charge in [0.15, 0.2) is 0 Å². The van der Waals surface area contributed by atoms with Gasteiger partial charge in [-0.2, -0.15) is 0 Å². The minimum atomic E-state index is -0.246. The standard InChI is InChI=1S/C13H16FN3/c1-8(15)13-16-11-6-10(14)4-5-12(11)17(13)7-9-2-3-9/h4-6,8-9H,2-3,7,15H2,1H3/t8-/m0/s1. The fourth-order valence-electron chi connectivity index (χ4n) is 2.22. The van der Waals surface area contributed by atoms with Gasteiger partial charge in [0, 0.05) is 12.6 Å². The monoisotopic (exact) mass is 233 g/mol. The minimum Gasteiger partial charge on any atom is -0.326 e. The first-order chi connectivity index (χ1) is 8.15. The van der Waals surface area contributed by atoms with Crippen molar-refractivity contribution in [2.24, 2.45) is 11.7 Å². The Morgan fingerprint density at radius 1 is 1.53 bits per heavy atom. The Morgan fingerprint density at radius 3 is 2.94 bits per heavy atom. The van der Waals surface area contributed by atoms with Crippen molar-refractivity contribution in [3.8, 4) is 0 Å². The molecule has 1 heterocycles. The lowest BCUT2D eigenvalue weighted by atomic mass is 10.3. The highest BCUT2D eigenvalue weighted by Gasteiger charge is 2.25. The predicted molar refractivity (Wildman–Crippen MR) is 65.0 cm³/mol. The lowest BCUT2D eigenvalue weighted by Gasteiger charge is -2.10. The molecule has 2 N–H and O–H groups in total. The lowest BCUT2D eigenvalue weighted by molar-refractivity contribution is 0.581. The normalized spacial score (nSPS) is 17.6. The fourth-order valence-corrected chi connectivity index (χ4v) is 2.22. The molecule has 1 aliphatic carbocycles. The molecular weight excluding hydrogens is 217 g/mol. The number of nitrogens with zero attached hydrogens (tertiary/aromatic N) is 2. The Hall–Kier alpha value is -1.42. The number of hydrogen-bond donors (Lipinski definition) is 1. The molecule has 1 saturated carbocycles. The molecule has 0 unspecified atom stereocenters. The van der Waals surface area contributed by atoms with Crippen LogP contribution in [0.15, 0.2) is 18.2 Å². The minimum absolute atomic E-state index is 0.121. The molecule has 0 spiro atoms. The van der Waals surface area contributed by atoms with Crippen molar-refractivity contribution >= 4 is 11.0 Å². The van der Waals surface area contributed by atoms with Gasteiger partial charge >= 0.3 is 0 Å². The summed E-state index contributed by atoms with van der Waals surface area (Å²) in [6.45, 7) is 2.87. The number of nitrogens with two attached hydrogens (primary N) is 1. The van der Waals surface area contributed by atoms with Gasteiger partial charge in [0.1, 0.15) is 11.6 Å². The van der Waals surface area contributed by atoms with E-state index in [0.29, 0.717) is 5.52 Å². The summed E-state index contributed by atoms with van der Waals surface area (Å²) in [6.07, 6.45) is 2.55. The van der Waals surface area contributed by atoms with E-state index in [1.54, 1.807) is 6.07 Å². The van der Waals surface area contributed by atoms with Crippen molar-refractivity contribution in [3.63, 3.8) is 0 Å². The molecule has 2 aromatic rings. The lowest BCUT2D eigenvalue weighted by Crippen LogP contribution is -2.14. The number of rotatable bonds is 3. The molecule has 1 aliphatic rings. The van der Waals surface area contributed by atoms with Crippen LogP contribution in [0.3, 0.4) is 0 Å². The number of hydrogen-bond acceptors (Lipinski definition) is 2. The molecule has 1 fully saturated rings. The van der Waals surface area contributed by atoms with Gasteiger partial charge in [-0.3, -0.25) is 0 Å². The summed E-state index contributed by atoms with van der Waals surface area (Å²) in [7, 11) is 0. The molecular formula is C13H16FN3. The number of benzene rings is 1. The molecule has 4 heteroatoms. The maximum absolute atomic E-state index is 13.2. The summed E-state index contributed by atoms with van der Waals surface area (Å²) >= 11 is 0. The Bertz CT molecular complexity index is 555. The van der Waals surface area contributed by atoms with Crippen molar-refractivity contribution in [2.75, 3.05) is 0 Å². The summed E-state index contributed by atoms with van der Waals surface area (Å²) in [5.41, 5.74) is 7.63. The predicted octanol–water partition coefficient (Wildman–Crippen LogP) is 2.61. The van der Waals surface area contributed by atoms with E-state index in [1.807, 2.05) is 6.92 Å². The van der Waals surface area contributed by atoms with Crippen LogP contribution >= 0.6 is 0 Å². The highest BCUT2D eigenvalue weighted by molar-refractivity contribution is 5.76. The fraction of sp³-hybridized carbons (Fsp3) is 0.462. The molecule has 90 valence electrons. The van der Waals surface area contributed by atoms with Crippen molar-refractivity contribution in [2.45, 2.75) is 32.4 Å². The molecule has 17 heavy (non-hydrogen) atoms. The van der Waals surface area contributed by atoms with Gasteiger partial charge in [-0.15, -0.1) is 0 Å². The van der Waals surface area contributed by atoms with Crippen LogP contribution in [0.25, 0.3) is 11.0 Å². The Morgan fingerprint density at radius 2 is 2.29 bits per heavy atom. The second kappa shape index (κ2) is 3.81. The summed E-state index contributed by atoms with van der Waals surface area (Å²) in [5, 5.41) is 0. The van der Waals surface area contributed by atoms with Gasteiger partial charge in [0.2, 0.25) is 0 Å².